The van der Waals surface area contributed by atoms with Gasteiger partial charge in [0, 0.05) is 23.0 Å². The van der Waals surface area contributed by atoms with E-state index in [1.165, 1.54) is 0 Å². The van der Waals surface area contributed by atoms with E-state index in [2.05, 4.69) is 4.98 Å². The van der Waals surface area contributed by atoms with Crippen molar-refractivity contribution in [2.45, 2.75) is 0 Å². The summed E-state index contributed by atoms with van der Waals surface area (Å²) >= 11 is 7.07. The summed E-state index contributed by atoms with van der Waals surface area (Å²) in [6.07, 6.45) is 3.35. The van der Waals surface area contributed by atoms with Gasteiger partial charge in [-0.15, -0.1) is 0 Å². The monoisotopic (exact) mass is 278 g/mol. The first kappa shape index (κ1) is 11.3. The van der Waals surface area contributed by atoms with E-state index in [1.807, 2.05) is 18.2 Å². The first-order valence-corrected chi connectivity index (χ1v) is 6.31. The van der Waals surface area contributed by atoms with Gasteiger partial charge in [-0.1, -0.05) is 35.1 Å². The lowest BCUT2D eigenvalue weighted by atomic mass is 10.2. The van der Waals surface area contributed by atoms with Gasteiger partial charge in [0.15, 0.2) is 4.96 Å². The van der Waals surface area contributed by atoms with Crippen LogP contribution in [-0.4, -0.2) is 20.5 Å². The zero-order valence-corrected chi connectivity index (χ0v) is 10.6. The Labute approximate surface area is 111 Å². The number of carboxylic acids is 1. The zero-order valence-electron chi connectivity index (χ0n) is 9.00. The number of fused-ring (bicyclic) bond motifs is 1. The fourth-order valence-electron chi connectivity index (χ4n) is 1.68. The summed E-state index contributed by atoms with van der Waals surface area (Å²) in [5.74, 6) is -0.935. The highest BCUT2D eigenvalue weighted by Crippen LogP contribution is 2.25. The lowest BCUT2D eigenvalue weighted by molar-refractivity contribution is 0.0702. The third-order valence-corrected chi connectivity index (χ3v) is 3.71. The van der Waals surface area contributed by atoms with Crippen LogP contribution in [0.4, 0.5) is 0 Å². The van der Waals surface area contributed by atoms with Crippen LogP contribution in [0.25, 0.3) is 16.2 Å². The van der Waals surface area contributed by atoms with Crippen LogP contribution in [-0.2, 0) is 0 Å². The highest BCUT2D eigenvalue weighted by atomic mass is 35.5. The Balaban J connectivity index is 2.09. The normalized spacial score (nSPS) is 10.9. The second kappa shape index (κ2) is 4.12. The minimum absolute atomic E-state index is 0.273. The number of halogens is 1. The molecule has 18 heavy (non-hydrogen) atoms. The lowest BCUT2D eigenvalue weighted by Gasteiger charge is -1.95. The van der Waals surface area contributed by atoms with Crippen LogP contribution in [0.1, 0.15) is 9.67 Å². The molecule has 0 spiro atoms. The van der Waals surface area contributed by atoms with Gasteiger partial charge >= 0.3 is 5.97 Å². The maximum Gasteiger partial charge on any atom is 0.347 e. The van der Waals surface area contributed by atoms with Crippen LogP contribution in [0.3, 0.4) is 0 Å². The lowest BCUT2D eigenvalue weighted by Crippen LogP contribution is -1.90. The van der Waals surface area contributed by atoms with Crippen molar-refractivity contribution in [1.29, 1.82) is 0 Å². The maximum atomic E-state index is 10.8. The number of thiazole rings is 1. The molecule has 1 N–H and O–H groups in total. The molecule has 0 saturated heterocycles. The minimum atomic E-state index is -0.935. The molecule has 0 amide bonds. The first-order valence-electron chi connectivity index (χ1n) is 5.11. The van der Waals surface area contributed by atoms with Gasteiger partial charge in [-0.25, -0.2) is 9.78 Å². The predicted molar refractivity (Wildman–Crippen MR) is 70.5 cm³/mol. The van der Waals surface area contributed by atoms with Crippen LogP contribution in [0.5, 0.6) is 0 Å². The molecule has 0 unspecified atom stereocenters. The van der Waals surface area contributed by atoms with Gasteiger partial charge < -0.3 is 5.11 Å². The molecule has 2 heterocycles. The summed E-state index contributed by atoms with van der Waals surface area (Å²) in [7, 11) is 0. The topological polar surface area (TPSA) is 54.6 Å². The second-order valence-electron chi connectivity index (χ2n) is 3.73. The van der Waals surface area contributed by atoms with E-state index in [-0.39, 0.29) is 4.88 Å². The molecule has 3 rings (SSSR count). The number of hydrogen-bond acceptors (Lipinski definition) is 3. The molecule has 1 aromatic carbocycles. The number of aromatic carboxylic acids is 1. The van der Waals surface area contributed by atoms with Crippen molar-refractivity contribution < 1.29 is 9.90 Å². The Morgan fingerprint density at radius 3 is 2.89 bits per heavy atom. The van der Waals surface area contributed by atoms with Crippen LogP contribution < -0.4 is 0 Å². The molecule has 0 saturated carbocycles. The molecule has 0 radical (unpaired) electrons. The summed E-state index contributed by atoms with van der Waals surface area (Å²) in [4.78, 5) is 16.1. The van der Waals surface area contributed by atoms with Gasteiger partial charge in [0.05, 0.1) is 5.69 Å². The summed E-state index contributed by atoms with van der Waals surface area (Å²) in [5, 5.41) is 9.53. The zero-order chi connectivity index (χ0) is 12.7. The Bertz CT molecular complexity index is 716. The third-order valence-electron chi connectivity index (χ3n) is 2.49. The van der Waals surface area contributed by atoms with Crippen molar-refractivity contribution in [3.8, 4) is 11.3 Å². The summed E-state index contributed by atoms with van der Waals surface area (Å²) < 4.78 is 1.71. The van der Waals surface area contributed by atoms with Gasteiger partial charge in [-0.3, -0.25) is 4.40 Å². The summed E-state index contributed by atoms with van der Waals surface area (Å²) in [6, 6.07) is 7.39. The number of imidazole rings is 1. The highest BCUT2D eigenvalue weighted by molar-refractivity contribution is 7.18. The fraction of sp³-hybridized carbons (Fsp3) is 0. The molecule has 0 fully saturated rings. The number of hydrogen-bond donors (Lipinski definition) is 1. The van der Waals surface area contributed by atoms with Crippen LogP contribution in [0.15, 0.2) is 36.7 Å². The second-order valence-corrected chi connectivity index (χ2v) is 5.17. The van der Waals surface area contributed by atoms with Gasteiger partial charge in [0.25, 0.3) is 0 Å². The molecule has 0 bridgehead atoms. The largest absolute Gasteiger partial charge is 0.477 e. The van der Waals surface area contributed by atoms with E-state index in [9.17, 15) is 4.79 Å². The van der Waals surface area contributed by atoms with E-state index < -0.39 is 5.97 Å². The molecule has 90 valence electrons. The van der Waals surface area contributed by atoms with E-state index in [1.54, 1.807) is 22.9 Å². The molecule has 0 aliphatic heterocycles. The van der Waals surface area contributed by atoms with Crippen molar-refractivity contribution >= 4 is 33.9 Å². The van der Waals surface area contributed by atoms with Crippen molar-refractivity contribution in [3.63, 3.8) is 0 Å². The quantitative estimate of drug-likeness (QED) is 0.781. The minimum Gasteiger partial charge on any atom is -0.477 e. The number of nitrogens with zero attached hydrogens (tertiary/aromatic N) is 2. The average molecular weight is 279 g/mol. The summed E-state index contributed by atoms with van der Waals surface area (Å²) in [5.41, 5.74) is 1.69. The van der Waals surface area contributed by atoms with Crippen LogP contribution in [0, 0.1) is 0 Å². The number of rotatable bonds is 2. The van der Waals surface area contributed by atoms with E-state index in [0.717, 1.165) is 22.6 Å². The van der Waals surface area contributed by atoms with Crippen molar-refractivity contribution in [1.82, 2.24) is 9.38 Å². The highest BCUT2D eigenvalue weighted by Gasteiger charge is 2.12. The van der Waals surface area contributed by atoms with Crippen LogP contribution in [0.2, 0.25) is 5.02 Å². The molecule has 2 aromatic heterocycles. The molecule has 0 atom stereocenters. The maximum absolute atomic E-state index is 10.8. The van der Waals surface area contributed by atoms with Crippen LogP contribution >= 0.6 is 22.9 Å². The number of aromatic nitrogens is 2. The molecule has 6 heteroatoms. The molecule has 4 nitrogen and oxygen atoms in total. The van der Waals surface area contributed by atoms with E-state index in [0.29, 0.717) is 9.98 Å². The van der Waals surface area contributed by atoms with Gasteiger partial charge in [0.1, 0.15) is 4.88 Å². The third kappa shape index (κ3) is 1.87. The Morgan fingerprint density at radius 1 is 1.39 bits per heavy atom. The molecule has 0 aliphatic carbocycles. The van der Waals surface area contributed by atoms with E-state index in [4.69, 9.17) is 16.7 Å². The Morgan fingerprint density at radius 2 is 2.22 bits per heavy atom. The number of carboxylic acid groups (broad SMARTS) is 1. The fourth-order valence-corrected chi connectivity index (χ4v) is 2.68. The first-order chi connectivity index (χ1) is 8.63. The van der Waals surface area contributed by atoms with Crippen molar-refractivity contribution in [2.24, 2.45) is 0 Å². The predicted octanol–water partition coefficient (Wildman–Crippen LogP) is 3.41. The Hall–Kier alpha value is -1.85. The molecular weight excluding hydrogens is 272 g/mol. The van der Waals surface area contributed by atoms with Crippen molar-refractivity contribution in [3.05, 3.63) is 46.6 Å². The smallest absolute Gasteiger partial charge is 0.347 e. The molecule has 3 aromatic rings. The average Bonchev–Trinajstić information content (AvgIpc) is 2.86. The van der Waals surface area contributed by atoms with Crippen molar-refractivity contribution in [2.75, 3.05) is 0 Å². The molecule has 0 aliphatic rings. The van der Waals surface area contributed by atoms with Gasteiger partial charge in [0.2, 0.25) is 0 Å². The standard InChI is InChI=1S/C12H7ClN2O2S/c13-8-3-1-2-7(4-8)9-5-15-6-10(11(16)17)18-12(15)14-9/h1-6H,(H,16,17). The summed E-state index contributed by atoms with van der Waals surface area (Å²) in [6.45, 7) is 0. The molecular formula is C12H7ClN2O2S. The number of benzene rings is 1. The van der Waals surface area contributed by atoms with E-state index >= 15 is 0 Å². The SMILES string of the molecule is O=C(O)c1cn2cc(-c3cccc(Cl)c3)nc2s1. The van der Waals surface area contributed by atoms with Gasteiger partial charge in [-0.05, 0) is 12.1 Å². The Kier molecular flexibility index (Phi) is 2.57. The van der Waals surface area contributed by atoms with Gasteiger partial charge in [-0.2, -0.15) is 0 Å². The number of carbonyl (C=O) groups is 1.